The van der Waals surface area contributed by atoms with Gasteiger partial charge in [0.25, 0.3) is 0 Å². The first kappa shape index (κ1) is 28.1. The smallest absolute Gasteiger partial charge is 0.166 e. The summed E-state index contributed by atoms with van der Waals surface area (Å²) in [7, 11) is -0.223. The Morgan fingerprint density at radius 2 is 0.829 bits per heavy atom. The fraction of sp³-hybridized carbons (Fsp3) is 0.345. The van der Waals surface area contributed by atoms with Crippen molar-refractivity contribution in [3.63, 3.8) is 0 Å². The van der Waals surface area contributed by atoms with E-state index in [1.807, 2.05) is 0 Å². The van der Waals surface area contributed by atoms with Crippen LogP contribution in [-0.4, -0.2) is 25.8 Å². The molecule has 5 nitrogen and oxygen atoms in total. The van der Waals surface area contributed by atoms with Crippen molar-refractivity contribution in [3.8, 4) is 17.2 Å². The van der Waals surface area contributed by atoms with E-state index in [9.17, 15) is 0 Å². The van der Waals surface area contributed by atoms with Gasteiger partial charge in [0.2, 0.25) is 0 Å². The molecule has 0 aromatic heterocycles. The third-order valence-electron chi connectivity index (χ3n) is 4.60. The van der Waals surface area contributed by atoms with E-state index in [0.717, 1.165) is 63.3 Å². The van der Waals surface area contributed by atoms with Crippen molar-refractivity contribution in [1.29, 1.82) is 0 Å². The van der Waals surface area contributed by atoms with Crippen LogP contribution in [0.3, 0.4) is 0 Å². The average molecular weight is 497 g/mol. The number of carboxylic acid groups (broad SMARTS) is 1. The molecule has 35 heavy (non-hydrogen) atoms. The Hall–Kier alpha value is -3.12. The maximum Gasteiger partial charge on any atom is 0.166 e. The zero-order valence-corrected chi connectivity index (χ0v) is 21.9. The van der Waals surface area contributed by atoms with Crippen molar-refractivity contribution in [2.75, 3.05) is 19.8 Å². The summed E-state index contributed by atoms with van der Waals surface area (Å²) in [5, 5.41) is 8.89. The Balaban J connectivity index is 0.00000100. The Bertz CT molecular complexity index is 859. The van der Waals surface area contributed by atoms with E-state index in [4.69, 9.17) is 24.1 Å². The molecule has 3 aromatic rings. The fourth-order valence-electron chi connectivity index (χ4n) is 3.08. The van der Waals surface area contributed by atoms with Crippen molar-refractivity contribution in [2.45, 2.75) is 61.6 Å². The molecule has 0 radical (unpaired) electrons. The first-order valence-electron chi connectivity index (χ1n) is 12.1. The molecular formula is C29H36O5S. The predicted octanol–water partition coefficient (Wildman–Crippen LogP) is 5.90. The summed E-state index contributed by atoms with van der Waals surface area (Å²) in [4.78, 5) is 12.7. The number of carbonyl (C=O) groups excluding carboxylic acids is 1. The quantitative estimate of drug-likeness (QED) is 0.292. The molecule has 6 heteroatoms. The third kappa shape index (κ3) is 9.95. The van der Waals surface area contributed by atoms with Gasteiger partial charge in [0.15, 0.2) is 14.7 Å². The molecule has 188 valence electrons. The van der Waals surface area contributed by atoms with Gasteiger partial charge in [-0.1, -0.05) is 20.8 Å². The predicted molar refractivity (Wildman–Crippen MR) is 140 cm³/mol. The summed E-state index contributed by atoms with van der Waals surface area (Å²) in [6.45, 7) is 9.55. The molecule has 0 fully saturated rings. The van der Waals surface area contributed by atoms with Crippen molar-refractivity contribution in [3.05, 3.63) is 72.8 Å². The van der Waals surface area contributed by atoms with Crippen LogP contribution in [0.25, 0.3) is 0 Å². The van der Waals surface area contributed by atoms with Crippen molar-refractivity contribution in [2.24, 2.45) is 0 Å². The molecule has 0 aliphatic carbocycles. The largest absolute Gasteiger partial charge is 0.550 e. The van der Waals surface area contributed by atoms with Crippen LogP contribution in [0.2, 0.25) is 0 Å². The summed E-state index contributed by atoms with van der Waals surface area (Å²) >= 11 is 0. The first-order chi connectivity index (χ1) is 17.0. The second kappa shape index (κ2) is 15.7. The fourth-order valence-corrected chi connectivity index (χ4v) is 5.13. The number of carboxylic acids is 1. The highest BCUT2D eigenvalue weighted by Gasteiger charge is 2.29. The summed E-state index contributed by atoms with van der Waals surface area (Å²) in [6.07, 6.45) is 3.01. The van der Waals surface area contributed by atoms with Crippen LogP contribution >= 0.6 is 0 Å². The van der Waals surface area contributed by atoms with Crippen LogP contribution in [0.15, 0.2) is 87.5 Å². The Kier molecular flexibility index (Phi) is 12.6. The number of aliphatic carboxylic acids is 1. The lowest BCUT2D eigenvalue weighted by molar-refractivity contribution is -0.302. The van der Waals surface area contributed by atoms with Gasteiger partial charge in [-0.25, -0.2) is 0 Å². The van der Waals surface area contributed by atoms with E-state index in [1.165, 1.54) is 14.7 Å². The topological polar surface area (TPSA) is 67.8 Å². The summed E-state index contributed by atoms with van der Waals surface area (Å²) in [5.74, 6) is 1.67. The third-order valence-corrected chi connectivity index (χ3v) is 6.83. The molecule has 0 heterocycles. The Morgan fingerprint density at radius 1 is 0.600 bits per heavy atom. The SMILES string of the molecule is CC(=O)[O-].CCCOc1ccc([S+](c2ccc(OCCC)cc2)c2ccc(OCCC)cc2)cc1. The first-order valence-corrected chi connectivity index (χ1v) is 13.3. The molecule has 0 bridgehead atoms. The number of carbonyl (C=O) groups is 1. The van der Waals surface area contributed by atoms with Crippen LogP contribution in [0, 0.1) is 0 Å². The normalized spacial score (nSPS) is 10.3. The van der Waals surface area contributed by atoms with Crippen molar-refractivity contribution >= 4 is 16.9 Å². The number of benzene rings is 3. The second-order valence-electron chi connectivity index (χ2n) is 7.76. The zero-order valence-electron chi connectivity index (χ0n) is 21.1. The summed E-state index contributed by atoms with van der Waals surface area (Å²) in [5.41, 5.74) is 0. The van der Waals surface area contributed by atoms with Gasteiger partial charge in [-0.3, -0.25) is 0 Å². The van der Waals surface area contributed by atoms with Gasteiger partial charge in [-0.05, 0) is 99.0 Å². The van der Waals surface area contributed by atoms with E-state index in [-0.39, 0.29) is 10.9 Å². The lowest BCUT2D eigenvalue weighted by atomic mass is 10.3. The van der Waals surface area contributed by atoms with Crippen LogP contribution in [-0.2, 0) is 15.7 Å². The van der Waals surface area contributed by atoms with E-state index in [0.29, 0.717) is 0 Å². The highest BCUT2D eigenvalue weighted by molar-refractivity contribution is 7.97. The van der Waals surface area contributed by atoms with Gasteiger partial charge in [-0.2, -0.15) is 0 Å². The molecular weight excluding hydrogens is 460 g/mol. The van der Waals surface area contributed by atoms with Gasteiger partial charge in [-0.15, -0.1) is 0 Å². The van der Waals surface area contributed by atoms with Crippen LogP contribution in [0.5, 0.6) is 17.2 Å². The zero-order chi connectivity index (χ0) is 25.5. The maximum atomic E-state index is 8.89. The highest BCUT2D eigenvalue weighted by atomic mass is 32.2. The molecule has 3 aromatic carbocycles. The van der Waals surface area contributed by atoms with E-state index >= 15 is 0 Å². The molecule has 0 aliphatic heterocycles. The second-order valence-corrected chi connectivity index (χ2v) is 9.78. The minimum atomic E-state index is -1.08. The molecule has 0 N–H and O–H groups in total. The van der Waals surface area contributed by atoms with Gasteiger partial charge in [0.1, 0.15) is 17.2 Å². The molecule has 0 amide bonds. The van der Waals surface area contributed by atoms with Crippen LogP contribution in [0.1, 0.15) is 47.0 Å². The molecule has 0 spiro atoms. The molecule has 0 saturated carbocycles. The van der Waals surface area contributed by atoms with Crippen molar-refractivity contribution < 1.29 is 24.1 Å². The number of hydrogen-bond acceptors (Lipinski definition) is 5. The number of hydrogen-bond donors (Lipinski definition) is 0. The minimum Gasteiger partial charge on any atom is -0.550 e. The molecule has 3 rings (SSSR count). The molecule has 0 saturated heterocycles. The number of rotatable bonds is 12. The Morgan fingerprint density at radius 3 is 1.03 bits per heavy atom. The highest BCUT2D eigenvalue weighted by Crippen LogP contribution is 2.34. The van der Waals surface area contributed by atoms with Gasteiger partial charge in [0, 0.05) is 5.97 Å². The average Bonchev–Trinajstić information content (AvgIpc) is 2.87. The molecule has 0 atom stereocenters. The molecule has 0 unspecified atom stereocenters. The van der Waals surface area contributed by atoms with Crippen LogP contribution in [0.4, 0.5) is 0 Å². The standard InChI is InChI=1S/C27H33O3S.C2H4O2/c1-4-19-28-22-7-13-25(14-8-22)31(26-15-9-23(10-16-26)29-20-5-2)27-17-11-24(12-18-27)30-21-6-3;1-2(3)4/h7-18H,4-6,19-21H2,1-3H3;1H3,(H,3,4)/q+1;/p-1. The lowest BCUT2D eigenvalue weighted by Gasteiger charge is -2.11. The lowest BCUT2D eigenvalue weighted by Crippen LogP contribution is -2.16. The summed E-state index contributed by atoms with van der Waals surface area (Å²) < 4.78 is 17.3. The van der Waals surface area contributed by atoms with Crippen molar-refractivity contribution in [1.82, 2.24) is 0 Å². The monoisotopic (exact) mass is 496 g/mol. The van der Waals surface area contributed by atoms with E-state index < -0.39 is 5.97 Å². The Labute approximate surface area is 212 Å². The van der Waals surface area contributed by atoms with E-state index in [1.54, 1.807) is 0 Å². The van der Waals surface area contributed by atoms with Gasteiger partial charge < -0.3 is 24.1 Å². The van der Waals surface area contributed by atoms with Crippen LogP contribution < -0.4 is 19.3 Å². The minimum absolute atomic E-state index is 0.223. The van der Waals surface area contributed by atoms with E-state index in [2.05, 4.69) is 93.6 Å². The van der Waals surface area contributed by atoms with Gasteiger partial charge >= 0.3 is 0 Å². The summed E-state index contributed by atoms with van der Waals surface area (Å²) in [6, 6.07) is 25.5. The van der Waals surface area contributed by atoms with Gasteiger partial charge in [0.05, 0.1) is 30.7 Å². The molecule has 0 aliphatic rings. The number of ether oxygens (including phenoxy) is 3. The maximum absolute atomic E-state index is 8.89.